The van der Waals surface area contributed by atoms with Gasteiger partial charge in [-0.15, -0.1) is 0 Å². The van der Waals surface area contributed by atoms with Crippen LogP contribution in [-0.4, -0.2) is 34.1 Å². The predicted molar refractivity (Wildman–Crippen MR) is 60.9 cm³/mol. The number of rotatable bonds is 5. The molecule has 15 heavy (non-hydrogen) atoms. The molecule has 3 nitrogen and oxygen atoms in total. The van der Waals surface area contributed by atoms with Crippen LogP contribution in [0.15, 0.2) is 0 Å². The summed E-state index contributed by atoms with van der Waals surface area (Å²) in [7, 11) is 0. The maximum Gasteiger partial charge on any atom is 0.304 e. The van der Waals surface area contributed by atoms with Crippen molar-refractivity contribution in [3.63, 3.8) is 0 Å². The summed E-state index contributed by atoms with van der Waals surface area (Å²) in [5.41, 5.74) is 0. The van der Waals surface area contributed by atoms with Crippen LogP contribution in [0.3, 0.4) is 0 Å². The van der Waals surface area contributed by atoms with Gasteiger partial charge in [0.25, 0.3) is 0 Å². The molecule has 0 amide bonds. The lowest BCUT2D eigenvalue weighted by atomic mass is 10.1. The van der Waals surface area contributed by atoms with Crippen molar-refractivity contribution in [2.24, 2.45) is 0 Å². The van der Waals surface area contributed by atoms with Crippen molar-refractivity contribution in [3.05, 3.63) is 0 Å². The Kier molecular flexibility index (Phi) is 4.58. The third-order valence-electron chi connectivity index (χ3n) is 3.62. The lowest BCUT2D eigenvalue weighted by molar-refractivity contribution is -0.138. The van der Waals surface area contributed by atoms with Crippen LogP contribution in [0, 0.1) is 0 Å². The number of likely N-dealkylation sites (tertiary alicyclic amines) is 1. The zero-order valence-electron chi connectivity index (χ0n) is 10.1. The smallest absolute Gasteiger partial charge is 0.304 e. The highest BCUT2D eigenvalue weighted by molar-refractivity contribution is 5.67. The second-order valence-electron chi connectivity index (χ2n) is 4.60. The summed E-state index contributed by atoms with van der Waals surface area (Å²) in [6, 6.07) is 1.38. The summed E-state index contributed by atoms with van der Waals surface area (Å²) in [6.07, 6.45) is 4.81. The van der Waals surface area contributed by atoms with Crippen LogP contribution in [0.1, 0.15) is 52.9 Å². The van der Waals surface area contributed by atoms with Crippen molar-refractivity contribution in [2.75, 3.05) is 0 Å². The fourth-order valence-corrected chi connectivity index (χ4v) is 2.83. The second-order valence-corrected chi connectivity index (χ2v) is 4.60. The molecule has 0 aromatic carbocycles. The highest BCUT2D eigenvalue weighted by Crippen LogP contribution is 2.30. The molecular formula is C12H23NO2. The Labute approximate surface area is 92.5 Å². The van der Waals surface area contributed by atoms with Crippen LogP contribution < -0.4 is 0 Å². The Bertz CT molecular complexity index is 218. The Morgan fingerprint density at radius 1 is 1.47 bits per heavy atom. The van der Waals surface area contributed by atoms with Crippen molar-refractivity contribution >= 4 is 5.97 Å². The molecule has 1 aliphatic rings. The summed E-state index contributed by atoms with van der Waals surface area (Å²) in [4.78, 5) is 13.2. The first-order chi connectivity index (χ1) is 7.10. The van der Waals surface area contributed by atoms with Crippen molar-refractivity contribution in [2.45, 2.75) is 71.0 Å². The van der Waals surface area contributed by atoms with Crippen LogP contribution in [0.25, 0.3) is 0 Å². The van der Waals surface area contributed by atoms with E-state index >= 15 is 0 Å². The van der Waals surface area contributed by atoms with Gasteiger partial charge in [-0.1, -0.05) is 13.8 Å². The highest BCUT2D eigenvalue weighted by Gasteiger charge is 2.34. The highest BCUT2D eigenvalue weighted by atomic mass is 16.4. The molecule has 0 aromatic rings. The number of hydrogen-bond donors (Lipinski definition) is 1. The molecule has 0 radical (unpaired) electrons. The first-order valence-corrected chi connectivity index (χ1v) is 6.09. The Morgan fingerprint density at radius 2 is 2.13 bits per heavy atom. The van der Waals surface area contributed by atoms with Gasteiger partial charge in [-0.3, -0.25) is 9.69 Å². The van der Waals surface area contributed by atoms with E-state index in [-0.39, 0.29) is 12.5 Å². The molecule has 0 saturated carbocycles. The molecule has 3 unspecified atom stereocenters. The summed E-state index contributed by atoms with van der Waals surface area (Å²) < 4.78 is 0. The largest absolute Gasteiger partial charge is 0.481 e. The van der Waals surface area contributed by atoms with Gasteiger partial charge >= 0.3 is 5.97 Å². The third-order valence-corrected chi connectivity index (χ3v) is 3.62. The van der Waals surface area contributed by atoms with Gasteiger partial charge in [0.05, 0.1) is 6.42 Å². The molecular weight excluding hydrogens is 190 g/mol. The molecule has 3 atom stereocenters. The molecule has 3 heteroatoms. The minimum Gasteiger partial charge on any atom is -0.481 e. The topological polar surface area (TPSA) is 40.5 Å². The number of carboxylic acids is 1. The maximum atomic E-state index is 10.8. The summed E-state index contributed by atoms with van der Waals surface area (Å²) >= 11 is 0. The average Bonchev–Trinajstić information content (AvgIpc) is 2.56. The van der Waals surface area contributed by atoms with Gasteiger partial charge in [0.1, 0.15) is 0 Å². The van der Waals surface area contributed by atoms with Crippen LogP contribution in [0.5, 0.6) is 0 Å². The van der Waals surface area contributed by atoms with E-state index in [0.29, 0.717) is 12.1 Å². The van der Waals surface area contributed by atoms with E-state index in [1.54, 1.807) is 0 Å². The number of hydrogen-bond acceptors (Lipinski definition) is 2. The lowest BCUT2D eigenvalue weighted by Crippen LogP contribution is -2.43. The van der Waals surface area contributed by atoms with Gasteiger partial charge in [0.2, 0.25) is 0 Å². The molecule has 1 heterocycles. The van der Waals surface area contributed by atoms with Crippen LogP contribution in [0.4, 0.5) is 0 Å². The van der Waals surface area contributed by atoms with Crippen LogP contribution >= 0.6 is 0 Å². The van der Waals surface area contributed by atoms with Gasteiger partial charge in [-0.25, -0.2) is 0 Å². The molecule has 0 aromatic heterocycles. The molecule has 88 valence electrons. The standard InChI is InChI=1S/C12H23NO2/c1-4-10-7-6-9(3)13(10)11(5-2)8-12(14)15/h9-11H,4-8H2,1-3H3,(H,14,15). The molecule has 1 aliphatic heterocycles. The molecule has 0 spiro atoms. The minimum atomic E-state index is -0.671. The normalized spacial score (nSPS) is 29.3. The minimum absolute atomic E-state index is 0.227. The van der Waals surface area contributed by atoms with E-state index in [4.69, 9.17) is 5.11 Å². The zero-order chi connectivity index (χ0) is 11.4. The summed E-state index contributed by atoms with van der Waals surface area (Å²) in [5.74, 6) is -0.671. The van der Waals surface area contributed by atoms with Crippen molar-refractivity contribution in [3.8, 4) is 0 Å². The summed E-state index contributed by atoms with van der Waals surface area (Å²) in [6.45, 7) is 6.51. The summed E-state index contributed by atoms with van der Waals surface area (Å²) in [5, 5.41) is 8.89. The van der Waals surface area contributed by atoms with Gasteiger partial charge in [0.15, 0.2) is 0 Å². The Morgan fingerprint density at radius 3 is 2.60 bits per heavy atom. The van der Waals surface area contributed by atoms with Crippen LogP contribution in [-0.2, 0) is 4.79 Å². The van der Waals surface area contributed by atoms with E-state index in [9.17, 15) is 4.79 Å². The Balaban J connectivity index is 2.67. The second kappa shape index (κ2) is 5.50. The molecule has 0 aliphatic carbocycles. The van der Waals surface area contributed by atoms with Crippen LogP contribution in [0.2, 0.25) is 0 Å². The zero-order valence-corrected chi connectivity index (χ0v) is 10.1. The maximum absolute atomic E-state index is 10.8. The SMILES string of the molecule is CCC1CCC(C)N1C(CC)CC(=O)O. The quantitative estimate of drug-likeness (QED) is 0.762. The van der Waals surface area contributed by atoms with Gasteiger partial charge in [0, 0.05) is 18.1 Å². The fraction of sp³-hybridized carbons (Fsp3) is 0.917. The average molecular weight is 213 g/mol. The molecule has 1 rings (SSSR count). The van der Waals surface area contributed by atoms with Crippen molar-refractivity contribution in [1.29, 1.82) is 0 Å². The van der Waals surface area contributed by atoms with E-state index in [0.717, 1.165) is 12.8 Å². The predicted octanol–water partition coefficient (Wildman–Crippen LogP) is 2.50. The first kappa shape index (κ1) is 12.5. The number of carbonyl (C=O) groups is 1. The molecule has 1 saturated heterocycles. The third kappa shape index (κ3) is 2.94. The number of nitrogens with zero attached hydrogens (tertiary/aromatic N) is 1. The molecule has 0 bridgehead atoms. The van der Waals surface area contributed by atoms with Gasteiger partial charge < -0.3 is 5.11 Å². The monoisotopic (exact) mass is 213 g/mol. The fourth-order valence-electron chi connectivity index (χ4n) is 2.83. The van der Waals surface area contributed by atoms with E-state index in [2.05, 4.69) is 25.7 Å². The molecule has 1 N–H and O–H groups in total. The van der Waals surface area contributed by atoms with Crippen molar-refractivity contribution < 1.29 is 9.90 Å². The van der Waals surface area contributed by atoms with E-state index in [1.807, 2.05) is 0 Å². The van der Waals surface area contributed by atoms with Gasteiger partial charge in [-0.2, -0.15) is 0 Å². The molecule has 1 fully saturated rings. The first-order valence-electron chi connectivity index (χ1n) is 6.09. The number of carboxylic acid groups (broad SMARTS) is 1. The Hall–Kier alpha value is -0.570. The van der Waals surface area contributed by atoms with E-state index < -0.39 is 5.97 Å². The number of aliphatic carboxylic acids is 1. The van der Waals surface area contributed by atoms with Crippen molar-refractivity contribution in [1.82, 2.24) is 4.90 Å². The van der Waals surface area contributed by atoms with Gasteiger partial charge in [-0.05, 0) is 32.6 Å². The van der Waals surface area contributed by atoms with E-state index in [1.165, 1.54) is 12.8 Å². The lowest BCUT2D eigenvalue weighted by Gasteiger charge is -2.34.